The third kappa shape index (κ3) is 1.91. The second kappa shape index (κ2) is 4.03. The first-order valence-electron chi connectivity index (χ1n) is 5.33. The molecule has 2 atom stereocenters. The van der Waals surface area contributed by atoms with Crippen molar-refractivity contribution in [3.8, 4) is 0 Å². The van der Waals surface area contributed by atoms with Crippen molar-refractivity contribution >= 4 is 5.97 Å². The van der Waals surface area contributed by atoms with Gasteiger partial charge in [-0.3, -0.25) is 0 Å². The molecule has 3 nitrogen and oxygen atoms in total. The molecule has 78 valence electrons. The van der Waals surface area contributed by atoms with Crippen LogP contribution in [0.15, 0.2) is 12.3 Å². The van der Waals surface area contributed by atoms with Crippen LogP contribution in [-0.4, -0.2) is 19.1 Å². The number of hydrogen-bond donors (Lipinski definition) is 1. The third-order valence-corrected chi connectivity index (χ3v) is 3.37. The van der Waals surface area contributed by atoms with E-state index in [9.17, 15) is 4.79 Å². The van der Waals surface area contributed by atoms with Crippen molar-refractivity contribution in [2.24, 2.45) is 11.8 Å². The maximum atomic E-state index is 10.8. The first-order chi connectivity index (χ1) is 6.83. The van der Waals surface area contributed by atoms with E-state index in [0.717, 1.165) is 11.8 Å². The van der Waals surface area contributed by atoms with Gasteiger partial charge in [0, 0.05) is 18.3 Å². The Morgan fingerprint density at radius 1 is 1.36 bits per heavy atom. The molecule has 0 saturated heterocycles. The van der Waals surface area contributed by atoms with E-state index in [2.05, 4.69) is 10.1 Å². The lowest BCUT2D eigenvalue weighted by molar-refractivity contribution is -0.134. The number of fused-ring (bicyclic) bond motifs is 1. The molecule has 2 aliphatic carbocycles. The van der Waals surface area contributed by atoms with E-state index in [1.165, 1.54) is 38.9 Å². The molecular formula is C11H17NO2. The lowest BCUT2D eigenvalue weighted by Crippen LogP contribution is -2.12. The second-order valence-corrected chi connectivity index (χ2v) is 4.16. The van der Waals surface area contributed by atoms with Gasteiger partial charge in [0.25, 0.3) is 0 Å². The minimum atomic E-state index is -0.291. The predicted octanol–water partition coefficient (Wildman–Crippen LogP) is 1.45. The first kappa shape index (κ1) is 9.56. The van der Waals surface area contributed by atoms with Gasteiger partial charge in [0.1, 0.15) is 0 Å². The van der Waals surface area contributed by atoms with E-state index in [1.54, 1.807) is 6.20 Å². The highest BCUT2D eigenvalue weighted by Gasteiger charge is 2.49. The van der Waals surface area contributed by atoms with Crippen LogP contribution in [0.5, 0.6) is 0 Å². The molecule has 2 fully saturated rings. The van der Waals surface area contributed by atoms with Crippen LogP contribution < -0.4 is 5.32 Å². The minimum absolute atomic E-state index is 0.291. The monoisotopic (exact) mass is 195 g/mol. The molecule has 0 aromatic heterocycles. The Morgan fingerprint density at radius 2 is 2.00 bits per heavy atom. The van der Waals surface area contributed by atoms with E-state index in [1.807, 2.05) is 0 Å². The summed E-state index contributed by atoms with van der Waals surface area (Å²) in [4.78, 5) is 10.8. The maximum Gasteiger partial charge on any atom is 0.331 e. The van der Waals surface area contributed by atoms with Crippen LogP contribution in [0.2, 0.25) is 0 Å². The van der Waals surface area contributed by atoms with Gasteiger partial charge in [0.2, 0.25) is 0 Å². The summed E-state index contributed by atoms with van der Waals surface area (Å²) in [5.74, 6) is 1.44. The van der Waals surface area contributed by atoms with Gasteiger partial charge in [0.15, 0.2) is 0 Å². The number of hydrogen-bond acceptors (Lipinski definition) is 3. The van der Waals surface area contributed by atoms with Gasteiger partial charge >= 0.3 is 5.97 Å². The van der Waals surface area contributed by atoms with Crippen LogP contribution in [0.4, 0.5) is 0 Å². The average molecular weight is 195 g/mol. The Hall–Kier alpha value is -0.990. The zero-order chi connectivity index (χ0) is 9.97. The summed E-state index contributed by atoms with van der Waals surface area (Å²) in [7, 11) is 1.39. The fraction of sp³-hybridized carbons (Fsp3) is 0.727. The standard InChI is InChI=1S/C11H17NO2/c1-14-10(13)6-7-12-11-8-4-2-3-5-9(8)11/h6-9,11-12H,2-5H2,1H3/b7-6+. The largest absolute Gasteiger partial charge is 0.466 e. The number of carbonyl (C=O) groups is 1. The van der Waals surface area contributed by atoms with Gasteiger partial charge in [0.05, 0.1) is 7.11 Å². The SMILES string of the molecule is COC(=O)/C=C/NC1C2CCCCC21. The van der Waals surface area contributed by atoms with Crippen LogP contribution in [0.1, 0.15) is 25.7 Å². The van der Waals surface area contributed by atoms with Crippen LogP contribution >= 0.6 is 0 Å². The van der Waals surface area contributed by atoms with Gasteiger partial charge in [-0.05, 0) is 24.7 Å². The summed E-state index contributed by atoms with van der Waals surface area (Å²) in [5.41, 5.74) is 0. The Morgan fingerprint density at radius 3 is 2.57 bits per heavy atom. The van der Waals surface area contributed by atoms with Crippen molar-refractivity contribution in [2.75, 3.05) is 7.11 Å². The molecule has 0 radical (unpaired) electrons. The van der Waals surface area contributed by atoms with Crippen LogP contribution in [0.25, 0.3) is 0 Å². The molecule has 0 aromatic carbocycles. The Balaban J connectivity index is 1.72. The molecule has 14 heavy (non-hydrogen) atoms. The fourth-order valence-electron chi connectivity index (χ4n) is 2.53. The topological polar surface area (TPSA) is 38.3 Å². The van der Waals surface area contributed by atoms with Gasteiger partial charge in [-0.2, -0.15) is 0 Å². The summed E-state index contributed by atoms with van der Waals surface area (Å²) in [6.07, 6.45) is 8.64. The van der Waals surface area contributed by atoms with Crippen molar-refractivity contribution < 1.29 is 9.53 Å². The van der Waals surface area contributed by atoms with Gasteiger partial charge in [-0.1, -0.05) is 12.8 Å². The molecule has 0 spiro atoms. The molecule has 2 rings (SSSR count). The number of ether oxygens (including phenoxy) is 1. The van der Waals surface area contributed by atoms with Gasteiger partial charge in [-0.15, -0.1) is 0 Å². The maximum absolute atomic E-state index is 10.8. The summed E-state index contributed by atoms with van der Waals surface area (Å²) in [6.45, 7) is 0. The molecule has 0 aromatic rings. The average Bonchev–Trinajstić information content (AvgIpc) is 2.92. The van der Waals surface area contributed by atoms with Crippen molar-refractivity contribution in [3.63, 3.8) is 0 Å². The highest BCUT2D eigenvalue weighted by Crippen LogP contribution is 2.49. The molecule has 0 aliphatic heterocycles. The molecule has 2 aliphatic rings. The lowest BCUT2D eigenvalue weighted by Gasteiger charge is -2.04. The molecule has 0 heterocycles. The smallest absolute Gasteiger partial charge is 0.331 e. The van der Waals surface area contributed by atoms with E-state index in [4.69, 9.17) is 0 Å². The normalized spacial score (nSPS) is 35.1. The van der Waals surface area contributed by atoms with E-state index >= 15 is 0 Å². The van der Waals surface area contributed by atoms with Crippen LogP contribution in [-0.2, 0) is 9.53 Å². The number of carbonyl (C=O) groups excluding carboxylic acids is 1. The van der Waals surface area contributed by atoms with Crippen molar-refractivity contribution in [1.82, 2.24) is 5.32 Å². The minimum Gasteiger partial charge on any atom is -0.466 e. The number of rotatable bonds is 3. The van der Waals surface area contributed by atoms with Crippen LogP contribution in [0, 0.1) is 11.8 Å². The van der Waals surface area contributed by atoms with Crippen molar-refractivity contribution in [1.29, 1.82) is 0 Å². The van der Waals surface area contributed by atoms with E-state index in [0.29, 0.717) is 6.04 Å². The Labute approximate surface area is 84.5 Å². The zero-order valence-corrected chi connectivity index (χ0v) is 8.53. The quantitative estimate of drug-likeness (QED) is 0.547. The first-order valence-corrected chi connectivity index (χ1v) is 5.33. The van der Waals surface area contributed by atoms with Crippen molar-refractivity contribution in [2.45, 2.75) is 31.7 Å². The van der Waals surface area contributed by atoms with Gasteiger partial charge in [-0.25, -0.2) is 4.79 Å². The Bertz CT molecular complexity index is 238. The molecule has 3 heteroatoms. The van der Waals surface area contributed by atoms with E-state index in [-0.39, 0.29) is 5.97 Å². The number of esters is 1. The highest BCUT2D eigenvalue weighted by molar-refractivity contribution is 5.81. The number of nitrogens with one attached hydrogen (secondary N) is 1. The summed E-state index contributed by atoms with van der Waals surface area (Å²) in [6, 6.07) is 0.624. The third-order valence-electron chi connectivity index (χ3n) is 3.37. The fourth-order valence-corrected chi connectivity index (χ4v) is 2.53. The molecular weight excluding hydrogens is 178 g/mol. The molecule has 1 N–H and O–H groups in total. The summed E-state index contributed by atoms with van der Waals surface area (Å²) in [5, 5.41) is 3.28. The zero-order valence-electron chi connectivity index (χ0n) is 8.53. The van der Waals surface area contributed by atoms with Crippen LogP contribution in [0.3, 0.4) is 0 Å². The molecule has 2 unspecified atom stereocenters. The second-order valence-electron chi connectivity index (χ2n) is 4.16. The highest BCUT2D eigenvalue weighted by atomic mass is 16.5. The van der Waals surface area contributed by atoms with Gasteiger partial charge < -0.3 is 10.1 Å². The predicted molar refractivity (Wildman–Crippen MR) is 53.5 cm³/mol. The Kier molecular flexibility index (Phi) is 2.75. The summed E-state index contributed by atoms with van der Waals surface area (Å²) >= 11 is 0. The molecule has 0 amide bonds. The van der Waals surface area contributed by atoms with E-state index < -0.39 is 0 Å². The van der Waals surface area contributed by atoms with Crippen molar-refractivity contribution in [3.05, 3.63) is 12.3 Å². The molecule has 0 bridgehead atoms. The lowest BCUT2D eigenvalue weighted by atomic mass is 10.0. The summed E-state index contributed by atoms with van der Waals surface area (Å²) < 4.78 is 4.51. The number of methoxy groups -OCH3 is 1. The molecule has 2 saturated carbocycles.